The molecule has 1 nitrogen and oxygen atoms in total. The van der Waals surface area contributed by atoms with Gasteiger partial charge < -0.3 is 5.32 Å². The molecule has 1 aromatic carbocycles. The largest absolute Gasteiger partial charge is 0.416 e. The average molecular weight is 334 g/mol. The molecule has 0 radical (unpaired) electrons. The van der Waals surface area contributed by atoms with Gasteiger partial charge in [0.2, 0.25) is 0 Å². The maximum absolute atomic E-state index is 12.5. The molecule has 0 saturated heterocycles. The third-order valence-corrected chi connectivity index (χ3v) is 4.50. The van der Waals surface area contributed by atoms with E-state index < -0.39 is 11.7 Å². The van der Waals surface area contributed by atoms with Gasteiger partial charge in [0, 0.05) is 10.9 Å². The first kappa shape index (κ1) is 16.3. The zero-order valence-corrected chi connectivity index (χ0v) is 12.9. The minimum atomic E-state index is -4.28. The van der Waals surface area contributed by atoms with E-state index in [0.29, 0.717) is 6.42 Å². The Morgan fingerprint density at radius 3 is 2.24 bits per heavy atom. The van der Waals surface area contributed by atoms with Crippen LogP contribution in [0.15, 0.2) is 36.4 Å². The first-order valence-corrected chi connectivity index (χ1v) is 7.65. The second kappa shape index (κ2) is 6.81. The molecular weight excluding hydrogens is 319 g/mol. The molecular formula is C15H15ClF3NS. The molecule has 0 fully saturated rings. The summed E-state index contributed by atoms with van der Waals surface area (Å²) in [5, 5.41) is 3.19. The molecule has 0 spiro atoms. The van der Waals surface area contributed by atoms with Crippen LogP contribution in [-0.4, -0.2) is 13.1 Å². The molecule has 6 heteroatoms. The van der Waals surface area contributed by atoms with Gasteiger partial charge in [-0.05, 0) is 49.7 Å². The highest BCUT2D eigenvalue weighted by Gasteiger charge is 2.29. The van der Waals surface area contributed by atoms with Crippen LogP contribution in [0.25, 0.3) is 0 Å². The summed E-state index contributed by atoms with van der Waals surface area (Å²) in [4.78, 5) is 1.16. The van der Waals surface area contributed by atoms with Crippen LogP contribution < -0.4 is 5.32 Å². The van der Waals surface area contributed by atoms with E-state index >= 15 is 0 Å². The molecule has 0 aliphatic carbocycles. The van der Waals surface area contributed by atoms with Crippen LogP contribution in [0.3, 0.4) is 0 Å². The van der Waals surface area contributed by atoms with Crippen LogP contribution in [0.4, 0.5) is 13.2 Å². The summed E-state index contributed by atoms with van der Waals surface area (Å²) in [6.07, 6.45) is -2.81. The second-order valence-electron chi connectivity index (χ2n) is 4.79. The average Bonchev–Trinajstić information content (AvgIpc) is 2.83. The van der Waals surface area contributed by atoms with Crippen molar-refractivity contribution in [2.75, 3.05) is 7.05 Å². The third-order valence-electron chi connectivity index (χ3n) is 3.25. The fourth-order valence-corrected chi connectivity index (χ4v) is 3.26. The Morgan fingerprint density at radius 1 is 1.10 bits per heavy atom. The van der Waals surface area contributed by atoms with Crippen molar-refractivity contribution in [2.45, 2.75) is 25.1 Å². The van der Waals surface area contributed by atoms with Gasteiger partial charge in [0.05, 0.1) is 9.90 Å². The number of hydrogen-bond acceptors (Lipinski definition) is 2. The first-order chi connectivity index (χ1) is 9.88. The van der Waals surface area contributed by atoms with E-state index in [2.05, 4.69) is 5.32 Å². The van der Waals surface area contributed by atoms with Gasteiger partial charge in [-0.15, -0.1) is 11.3 Å². The van der Waals surface area contributed by atoms with Gasteiger partial charge in [-0.3, -0.25) is 0 Å². The fourth-order valence-electron chi connectivity index (χ4n) is 2.09. The number of halogens is 4. The van der Waals surface area contributed by atoms with Gasteiger partial charge in [-0.25, -0.2) is 0 Å². The molecule has 2 rings (SSSR count). The third kappa shape index (κ3) is 4.73. The monoisotopic (exact) mass is 333 g/mol. The van der Waals surface area contributed by atoms with E-state index in [4.69, 9.17) is 11.6 Å². The lowest BCUT2D eigenvalue weighted by atomic mass is 10.0. The molecule has 0 bridgehead atoms. The van der Waals surface area contributed by atoms with Crippen molar-refractivity contribution in [1.29, 1.82) is 0 Å². The molecule has 0 amide bonds. The van der Waals surface area contributed by atoms with Crippen molar-refractivity contribution < 1.29 is 13.2 Å². The topological polar surface area (TPSA) is 12.0 Å². The van der Waals surface area contributed by atoms with E-state index in [9.17, 15) is 13.2 Å². The number of hydrogen-bond donors (Lipinski definition) is 1. The Hall–Kier alpha value is -1.04. The SMILES string of the molecule is CNC(Cc1ccc(C(F)(F)F)cc1)Cc1ccc(Cl)s1. The molecule has 114 valence electrons. The van der Waals surface area contributed by atoms with Crippen molar-refractivity contribution in [3.8, 4) is 0 Å². The molecule has 1 aromatic heterocycles. The summed E-state index contributed by atoms with van der Waals surface area (Å²) in [5.74, 6) is 0. The lowest BCUT2D eigenvalue weighted by Gasteiger charge is -2.16. The highest BCUT2D eigenvalue weighted by atomic mass is 35.5. The molecule has 1 atom stereocenters. The zero-order chi connectivity index (χ0) is 15.5. The predicted octanol–water partition coefficient (Wildman–Crippen LogP) is 4.79. The van der Waals surface area contributed by atoms with Crippen LogP contribution in [0.5, 0.6) is 0 Å². The molecule has 0 aliphatic heterocycles. The number of rotatable bonds is 5. The van der Waals surface area contributed by atoms with Crippen LogP contribution in [0.1, 0.15) is 16.0 Å². The summed E-state index contributed by atoms with van der Waals surface area (Å²) in [5.41, 5.74) is 0.266. The minimum absolute atomic E-state index is 0.163. The van der Waals surface area contributed by atoms with Crippen molar-refractivity contribution >= 4 is 22.9 Å². The molecule has 1 heterocycles. The van der Waals surface area contributed by atoms with Crippen molar-refractivity contribution in [3.05, 3.63) is 56.7 Å². The van der Waals surface area contributed by atoms with E-state index in [1.807, 2.05) is 19.2 Å². The second-order valence-corrected chi connectivity index (χ2v) is 6.59. The van der Waals surface area contributed by atoms with Crippen LogP contribution in [0.2, 0.25) is 4.34 Å². The molecule has 1 N–H and O–H groups in total. The highest BCUT2D eigenvalue weighted by molar-refractivity contribution is 7.16. The van der Waals surface area contributed by atoms with Crippen LogP contribution >= 0.6 is 22.9 Å². The van der Waals surface area contributed by atoms with Crippen molar-refractivity contribution in [2.24, 2.45) is 0 Å². The molecule has 21 heavy (non-hydrogen) atoms. The zero-order valence-electron chi connectivity index (χ0n) is 11.4. The number of alkyl halides is 3. The summed E-state index contributed by atoms with van der Waals surface area (Å²) in [7, 11) is 1.85. The maximum atomic E-state index is 12.5. The lowest BCUT2D eigenvalue weighted by Crippen LogP contribution is -2.29. The highest BCUT2D eigenvalue weighted by Crippen LogP contribution is 2.29. The van der Waals surface area contributed by atoms with E-state index in [1.165, 1.54) is 23.5 Å². The van der Waals surface area contributed by atoms with Crippen molar-refractivity contribution in [3.63, 3.8) is 0 Å². The summed E-state index contributed by atoms with van der Waals surface area (Å²) in [6.45, 7) is 0. The normalized spacial score (nSPS) is 13.4. The molecule has 2 aromatic rings. The number of benzene rings is 1. The van der Waals surface area contributed by atoms with E-state index in [1.54, 1.807) is 0 Å². The fraction of sp³-hybridized carbons (Fsp3) is 0.333. The lowest BCUT2D eigenvalue weighted by molar-refractivity contribution is -0.137. The smallest absolute Gasteiger partial charge is 0.316 e. The summed E-state index contributed by atoms with van der Waals surface area (Å²) < 4.78 is 38.3. The first-order valence-electron chi connectivity index (χ1n) is 6.46. The van der Waals surface area contributed by atoms with Crippen LogP contribution in [0, 0.1) is 0 Å². The number of likely N-dealkylation sites (N-methyl/N-ethyl adjacent to an activating group) is 1. The minimum Gasteiger partial charge on any atom is -0.316 e. The Morgan fingerprint density at radius 2 is 1.76 bits per heavy atom. The van der Waals surface area contributed by atoms with E-state index in [-0.39, 0.29) is 6.04 Å². The van der Waals surface area contributed by atoms with Gasteiger partial charge in [0.15, 0.2) is 0 Å². The summed E-state index contributed by atoms with van der Waals surface area (Å²) in [6, 6.07) is 9.32. The number of nitrogens with one attached hydrogen (secondary N) is 1. The van der Waals surface area contributed by atoms with Gasteiger partial charge in [0.1, 0.15) is 0 Å². The van der Waals surface area contributed by atoms with Gasteiger partial charge >= 0.3 is 6.18 Å². The number of thiophene rings is 1. The van der Waals surface area contributed by atoms with Crippen molar-refractivity contribution in [1.82, 2.24) is 5.32 Å². The Labute approximate surface area is 130 Å². The van der Waals surface area contributed by atoms with E-state index in [0.717, 1.165) is 33.3 Å². The van der Waals surface area contributed by atoms with Gasteiger partial charge in [-0.1, -0.05) is 23.7 Å². The standard InChI is InChI=1S/C15H15ClF3NS/c1-20-12(9-13-6-7-14(16)21-13)8-10-2-4-11(5-3-10)15(17,18)19/h2-7,12,20H,8-9H2,1H3. The summed E-state index contributed by atoms with van der Waals surface area (Å²) >= 11 is 7.42. The van der Waals surface area contributed by atoms with Crippen LogP contribution in [-0.2, 0) is 19.0 Å². The maximum Gasteiger partial charge on any atom is 0.416 e. The predicted molar refractivity (Wildman–Crippen MR) is 81.0 cm³/mol. The molecule has 0 saturated carbocycles. The van der Waals surface area contributed by atoms with Gasteiger partial charge in [-0.2, -0.15) is 13.2 Å². The molecule has 1 unspecified atom stereocenters. The Kier molecular flexibility index (Phi) is 5.30. The quantitative estimate of drug-likeness (QED) is 0.829. The Bertz CT molecular complexity index is 577. The van der Waals surface area contributed by atoms with Gasteiger partial charge in [0.25, 0.3) is 0 Å². The molecule has 0 aliphatic rings. The Balaban J connectivity index is 2.01.